The second-order valence-electron chi connectivity index (χ2n) is 5.06. The minimum atomic E-state index is -0.209. The van der Waals surface area contributed by atoms with Crippen molar-refractivity contribution in [1.29, 1.82) is 0 Å². The van der Waals surface area contributed by atoms with Gasteiger partial charge in [0.25, 0.3) is 0 Å². The number of nitrogens with one attached hydrogen (secondary N) is 2. The van der Waals surface area contributed by atoms with E-state index >= 15 is 0 Å². The number of hydrogen-bond donors (Lipinski definition) is 5. The number of carbonyl (C=O) groups excluding carboxylic acids is 1. The van der Waals surface area contributed by atoms with Gasteiger partial charge < -0.3 is 28.0 Å². The molecule has 0 bridgehead atoms. The number of aliphatic hydroxyl groups is 1. The highest BCUT2D eigenvalue weighted by atomic mass is 16.2. The lowest BCUT2D eigenvalue weighted by Gasteiger charge is -2.20. The Morgan fingerprint density at radius 3 is 2.00 bits per heavy atom. The molecule has 0 aliphatic heterocycles. The molecule has 0 aromatic heterocycles. The Balaban J connectivity index is -0.000000386. The lowest BCUT2D eigenvalue weighted by Crippen LogP contribution is -2.43. The van der Waals surface area contributed by atoms with E-state index in [2.05, 4.69) is 40.2 Å². The molecule has 0 radical (unpaired) electrons. The van der Waals surface area contributed by atoms with Crippen LogP contribution in [-0.4, -0.2) is 16.7 Å². The van der Waals surface area contributed by atoms with Crippen molar-refractivity contribution in [2.75, 3.05) is 5.32 Å². The first-order chi connectivity index (χ1) is 10.4. The molecule has 0 saturated carbocycles. The Morgan fingerprint density at radius 2 is 1.54 bits per heavy atom. The van der Waals surface area contributed by atoms with E-state index in [0.717, 1.165) is 5.69 Å². The SMILES string of the molecule is CC#CC#CC#CO.CC(C)(C)NC(=O)Nc1ccccc1.N.N. The summed E-state index contributed by atoms with van der Waals surface area (Å²) in [5, 5.41) is 13.4. The Morgan fingerprint density at radius 1 is 1.00 bits per heavy atom. The van der Waals surface area contributed by atoms with Crippen LogP contribution in [0.15, 0.2) is 30.3 Å². The van der Waals surface area contributed by atoms with Crippen molar-refractivity contribution in [3.8, 4) is 35.7 Å². The third-order valence-electron chi connectivity index (χ3n) is 1.89. The van der Waals surface area contributed by atoms with E-state index in [4.69, 9.17) is 5.11 Å². The molecule has 24 heavy (non-hydrogen) atoms. The average molecular weight is 330 g/mol. The number of aliphatic hydroxyl groups excluding tert-OH is 1. The summed E-state index contributed by atoms with van der Waals surface area (Å²) < 4.78 is 0. The monoisotopic (exact) mass is 330 g/mol. The van der Waals surface area contributed by atoms with E-state index in [0.29, 0.717) is 0 Å². The molecule has 9 N–H and O–H groups in total. The van der Waals surface area contributed by atoms with Gasteiger partial charge in [0.15, 0.2) is 0 Å². The molecule has 0 fully saturated rings. The summed E-state index contributed by atoms with van der Waals surface area (Å²) in [7, 11) is 0. The second kappa shape index (κ2) is 14.8. The van der Waals surface area contributed by atoms with Crippen LogP contribution < -0.4 is 22.9 Å². The molecule has 0 aliphatic rings. The fourth-order valence-electron chi connectivity index (χ4n) is 1.18. The van der Waals surface area contributed by atoms with Crippen molar-refractivity contribution >= 4 is 11.7 Å². The molecule has 1 aromatic rings. The smallest absolute Gasteiger partial charge is 0.319 e. The molecule has 0 spiro atoms. The first kappa shape index (κ1) is 25.8. The summed E-state index contributed by atoms with van der Waals surface area (Å²) in [6.45, 7) is 7.51. The van der Waals surface area contributed by atoms with Gasteiger partial charge in [-0.15, -0.1) is 0 Å². The number of rotatable bonds is 1. The van der Waals surface area contributed by atoms with Gasteiger partial charge in [-0.3, -0.25) is 0 Å². The van der Waals surface area contributed by atoms with E-state index in [-0.39, 0.29) is 23.9 Å². The van der Waals surface area contributed by atoms with Gasteiger partial charge >= 0.3 is 6.03 Å². The lowest BCUT2D eigenvalue weighted by atomic mass is 10.1. The van der Waals surface area contributed by atoms with E-state index < -0.39 is 0 Å². The zero-order chi connectivity index (χ0) is 16.8. The van der Waals surface area contributed by atoms with Crippen molar-refractivity contribution in [1.82, 2.24) is 17.6 Å². The molecular weight excluding hydrogens is 304 g/mol. The van der Waals surface area contributed by atoms with Crippen LogP contribution in [0.25, 0.3) is 0 Å². The number of anilines is 1. The third kappa shape index (κ3) is 16.9. The fourth-order valence-corrected chi connectivity index (χ4v) is 1.18. The summed E-state index contributed by atoms with van der Waals surface area (Å²) in [5.41, 5.74) is 0.591. The maximum atomic E-state index is 11.4. The average Bonchev–Trinajstić information content (AvgIpc) is 2.43. The molecular formula is C18H26N4O2. The Kier molecular flexibility index (Phi) is 15.9. The molecule has 0 heterocycles. The van der Waals surface area contributed by atoms with Gasteiger partial charge in [-0.2, -0.15) is 0 Å². The minimum Gasteiger partial charge on any atom is -0.461 e. The highest BCUT2D eigenvalue weighted by Gasteiger charge is 2.12. The summed E-state index contributed by atoms with van der Waals surface area (Å²) in [4.78, 5) is 11.4. The summed E-state index contributed by atoms with van der Waals surface area (Å²) in [5.74, 6) is 11.8. The van der Waals surface area contributed by atoms with Crippen LogP contribution in [0.5, 0.6) is 0 Å². The first-order valence-corrected chi connectivity index (χ1v) is 6.59. The van der Waals surface area contributed by atoms with Crippen molar-refractivity contribution in [2.45, 2.75) is 33.2 Å². The van der Waals surface area contributed by atoms with Gasteiger partial charge in [-0.1, -0.05) is 24.1 Å². The molecule has 0 saturated heterocycles. The molecule has 0 aliphatic carbocycles. The van der Waals surface area contributed by atoms with Crippen LogP contribution in [0, 0.1) is 35.7 Å². The van der Waals surface area contributed by atoms with Gasteiger partial charge in [0.1, 0.15) is 6.11 Å². The van der Waals surface area contributed by atoms with Crippen LogP contribution in [0.1, 0.15) is 27.7 Å². The summed E-state index contributed by atoms with van der Waals surface area (Å²) in [6.07, 6.45) is 1.64. The second-order valence-corrected chi connectivity index (χ2v) is 5.06. The summed E-state index contributed by atoms with van der Waals surface area (Å²) >= 11 is 0. The van der Waals surface area contributed by atoms with Gasteiger partial charge in [-0.05, 0) is 51.7 Å². The van der Waals surface area contributed by atoms with E-state index in [1.54, 1.807) is 13.0 Å². The molecule has 1 rings (SSSR count). The van der Waals surface area contributed by atoms with Crippen LogP contribution in [-0.2, 0) is 0 Å². The lowest BCUT2D eigenvalue weighted by molar-refractivity contribution is 0.244. The first-order valence-electron chi connectivity index (χ1n) is 6.59. The Hall–Kier alpha value is -3.11. The number of urea groups is 1. The molecule has 0 unspecified atom stereocenters. The van der Waals surface area contributed by atoms with Crippen LogP contribution in [0.3, 0.4) is 0 Å². The van der Waals surface area contributed by atoms with E-state index in [1.165, 1.54) is 0 Å². The van der Waals surface area contributed by atoms with Crippen molar-refractivity contribution in [2.24, 2.45) is 0 Å². The molecule has 6 heteroatoms. The van der Waals surface area contributed by atoms with Gasteiger partial charge in [0, 0.05) is 23.1 Å². The Bertz CT molecular complexity index is 621. The minimum absolute atomic E-state index is 0. The quantitative estimate of drug-likeness (QED) is 0.505. The molecule has 6 nitrogen and oxygen atoms in total. The van der Waals surface area contributed by atoms with Crippen molar-refractivity contribution in [3.05, 3.63) is 30.3 Å². The highest BCUT2D eigenvalue weighted by molar-refractivity contribution is 5.89. The van der Waals surface area contributed by atoms with Gasteiger partial charge in [0.2, 0.25) is 0 Å². The van der Waals surface area contributed by atoms with E-state index in [1.807, 2.05) is 51.1 Å². The normalized spacial score (nSPS) is 7.50. The number of para-hydroxylation sites is 1. The molecule has 1 aromatic carbocycles. The zero-order valence-corrected chi connectivity index (χ0v) is 14.7. The van der Waals surface area contributed by atoms with Crippen molar-refractivity contribution in [3.63, 3.8) is 0 Å². The zero-order valence-electron chi connectivity index (χ0n) is 14.7. The van der Waals surface area contributed by atoms with Crippen LogP contribution in [0.4, 0.5) is 10.5 Å². The molecule has 130 valence electrons. The van der Waals surface area contributed by atoms with Gasteiger partial charge in [-0.25, -0.2) is 4.79 Å². The van der Waals surface area contributed by atoms with Crippen molar-refractivity contribution < 1.29 is 9.90 Å². The maximum absolute atomic E-state index is 11.4. The van der Waals surface area contributed by atoms with Gasteiger partial charge in [0.05, 0.1) is 0 Å². The van der Waals surface area contributed by atoms with Crippen LogP contribution in [0.2, 0.25) is 0 Å². The predicted molar refractivity (Wildman–Crippen MR) is 99.3 cm³/mol. The maximum Gasteiger partial charge on any atom is 0.319 e. The largest absolute Gasteiger partial charge is 0.461 e. The predicted octanol–water partition coefficient (Wildman–Crippen LogP) is 3.28. The standard InChI is InChI=1S/C11H16N2O.C7H4O.2H3N/c1-11(2,3)13-10(14)12-9-7-5-4-6-8-9;1-2-3-4-5-6-7-8;;/h4-8H,1-3H3,(H2,12,13,14);8H,1H3;2*1H3. The molecule has 2 amide bonds. The number of hydrogen-bond acceptors (Lipinski definition) is 4. The van der Waals surface area contributed by atoms with Crippen LogP contribution >= 0.6 is 0 Å². The number of benzene rings is 1. The topological polar surface area (TPSA) is 131 Å². The van der Waals surface area contributed by atoms with E-state index in [9.17, 15) is 4.79 Å². The summed E-state index contributed by atoms with van der Waals surface area (Å²) in [6, 6.07) is 9.19. The Labute approximate surface area is 144 Å². The number of carbonyl (C=O) groups is 1. The third-order valence-corrected chi connectivity index (χ3v) is 1.89. The fraction of sp³-hybridized carbons (Fsp3) is 0.278. The highest BCUT2D eigenvalue weighted by Crippen LogP contribution is 2.05. The number of amides is 2. The molecule has 0 atom stereocenters.